The van der Waals surface area contributed by atoms with Crippen LogP contribution in [-0.4, -0.2) is 17.6 Å². The van der Waals surface area contributed by atoms with Crippen molar-refractivity contribution in [3.8, 4) is 22.3 Å². The van der Waals surface area contributed by atoms with Crippen LogP contribution in [0.15, 0.2) is 109 Å². The molecule has 50 heavy (non-hydrogen) atoms. The second-order valence-corrected chi connectivity index (χ2v) is 24.6. The summed E-state index contributed by atoms with van der Waals surface area (Å²) in [6.07, 6.45) is 6.64. The summed E-state index contributed by atoms with van der Waals surface area (Å²) < 4.78 is 0. The van der Waals surface area contributed by atoms with Crippen LogP contribution >= 0.6 is 17.0 Å². The molecule has 0 aliphatic heterocycles. The SMILES string of the molecule is CC(C)c1ccc(-c2cccc3[cH-]c(C4CCCC4)cc23)cc1.CCc1cc2c(-c3ccc([Si](C)(C)C)cc3)cccc2[cH-]1.C[Si]C.[Cl][Zr+2][Cl]. The monoisotopic (exact) mass is 810 g/mol. The van der Waals surface area contributed by atoms with Crippen molar-refractivity contribution in [2.24, 2.45) is 0 Å². The molecule has 0 spiro atoms. The van der Waals surface area contributed by atoms with Gasteiger partial charge >= 0.3 is 37.9 Å². The summed E-state index contributed by atoms with van der Waals surface area (Å²) in [5.74, 6) is 1.38. The summed E-state index contributed by atoms with van der Waals surface area (Å²) in [6.45, 7) is 18.2. The Hall–Kier alpha value is -2.00. The molecule has 260 valence electrons. The first-order valence-corrected chi connectivity index (χ1v) is 30.0. The number of rotatable bonds is 6. The Labute approximate surface area is 325 Å². The maximum absolute atomic E-state index is 4.93. The maximum atomic E-state index is 4.93. The molecule has 1 fully saturated rings. The van der Waals surface area contributed by atoms with E-state index in [2.05, 4.69) is 163 Å². The van der Waals surface area contributed by atoms with E-state index < -0.39 is 28.9 Å². The standard InChI is InChI=1S/C23H25.C20H23Si.C2H6Si.2ClH.Zr/c1-16(2)17-10-12-19(13-11-17)22-9-5-8-20-14-21(15-23(20)22)18-6-3-4-7-18;1-5-15-13-17-7-6-8-19(20(17)14-15)16-9-11-18(12-10-16)21(2,3)4;1-3-2;;;/h5,8-16,18H,3-4,6-7H2,1-2H3;6-14H,5H2,1-4H3;1-2H3;2*1H;/q2*-1;;;;+4/p-2. The predicted octanol–water partition coefficient (Wildman–Crippen LogP) is 14.5. The number of benzene rings is 4. The van der Waals surface area contributed by atoms with Gasteiger partial charge in [0.2, 0.25) is 0 Å². The molecule has 1 aliphatic carbocycles. The van der Waals surface area contributed by atoms with Crippen LogP contribution in [0.5, 0.6) is 0 Å². The van der Waals surface area contributed by atoms with Gasteiger partial charge in [-0.25, -0.2) is 0 Å². The molecule has 1 aliphatic rings. The van der Waals surface area contributed by atoms with Crippen LogP contribution in [-0.2, 0) is 27.3 Å². The molecule has 0 bridgehead atoms. The second-order valence-electron chi connectivity index (χ2n) is 14.8. The Morgan fingerprint density at radius 2 is 1.22 bits per heavy atom. The van der Waals surface area contributed by atoms with Crippen molar-refractivity contribution in [1.29, 1.82) is 0 Å². The molecule has 0 N–H and O–H groups in total. The average Bonchev–Trinajstić information content (AvgIpc) is 3.89. The van der Waals surface area contributed by atoms with E-state index in [1.54, 1.807) is 5.56 Å². The van der Waals surface area contributed by atoms with Crippen molar-refractivity contribution in [3.05, 3.63) is 126 Å². The Morgan fingerprint density at radius 1 is 0.740 bits per heavy atom. The first-order valence-electron chi connectivity index (χ1n) is 18.2. The molecule has 6 aromatic carbocycles. The summed E-state index contributed by atoms with van der Waals surface area (Å²) in [7, 11) is 9.74. The zero-order valence-electron chi connectivity index (χ0n) is 31.3. The zero-order valence-corrected chi connectivity index (χ0v) is 37.3. The van der Waals surface area contributed by atoms with Gasteiger partial charge in [0.05, 0.1) is 8.07 Å². The van der Waals surface area contributed by atoms with Gasteiger partial charge in [-0.05, 0) is 47.8 Å². The van der Waals surface area contributed by atoms with Crippen LogP contribution in [0.2, 0.25) is 32.7 Å². The van der Waals surface area contributed by atoms with Crippen molar-refractivity contribution >= 4 is 61.4 Å². The number of aryl methyl sites for hydroxylation is 1. The predicted molar refractivity (Wildman–Crippen MR) is 227 cm³/mol. The quantitative estimate of drug-likeness (QED) is 0.116. The van der Waals surface area contributed by atoms with Crippen molar-refractivity contribution in [2.45, 2.75) is 97.4 Å². The number of hydrogen-bond donors (Lipinski definition) is 0. The third-order valence-electron chi connectivity index (χ3n) is 9.77. The molecule has 6 aromatic rings. The average molecular weight is 813 g/mol. The molecule has 7 rings (SSSR count). The van der Waals surface area contributed by atoms with E-state index in [0.717, 1.165) is 21.9 Å². The van der Waals surface area contributed by atoms with Gasteiger partial charge in [-0.3, -0.25) is 0 Å². The fourth-order valence-electron chi connectivity index (χ4n) is 6.95. The molecular formula is C45H54Cl2Si2Zr. The Kier molecular flexibility index (Phi) is 16.1. The van der Waals surface area contributed by atoms with Crippen LogP contribution in [0, 0.1) is 0 Å². The molecule has 0 amide bonds. The van der Waals surface area contributed by atoms with Gasteiger partial charge in [0.25, 0.3) is 0 Å². The van der Waals surface area contributed by atoms with E-state index >= 15 is 0 Å². The zero-order chi connectivity index (χ0) is 36.3. The normalized spacial score (nSPS) is 12.9. The molecule has 0 nitrogen and oxygen atoms in total. The second kappa shape index (κ2) is 19.7. The van der Waals surface area contributed by atoms with Gasteiger partial charge in [0, 0.05) is 9.52 Å². The molecule has 0 unspecified atom stereocenters. The summed E-state index contributed by atoms with van der Waals surface area (Å²) in [5.41, 5.74) is 9.80. The van der Waals surface area contributed by atoms with Crippen molar-refractivity contribution in [3.63, 3.8) is 0 Å². The molecule has 0 atom stereocenters. The topological polar surface area (TPSA) is 0 Å². The van der Waals surface area contributed by atoms with E-state index in [-0.39, 0.29) is 0 Å². The van der Waals surface area contributed by atoms with Crippen LogP contribution in [0.4, 0.5) is 0 Å². The summed E-state index contributed by atoms with van der Waals surface area (Å²) in [6, 6.07) is 41.3. The van der Waals surface area contributed by atoms with Crippen LogP contribution in [0.3, 0.4) is 0 Å². The van der Waals surface area contributed by atoms with Crippen molar-refractivity contribution in [2.75, 3.05) is 0 Å². The van der Waals surface area contributed by atoms with Gasteiger partial charge in [0.1, 0.15) is 0 Å². The fraction of sp³-hybridized carbons (Fsp3) is 0.333. The molecule has 5 heteroatoms. The molecule has 0 saturated heterocycles. The Bertz CT molecular complexity index is 1880. The molecular weight excluding hydrogens is 759 g/mol. The number of fused-ring (bicyclic) bond motifs is 2. The number of hydrogen-bond acceptors (Lipinski definition) is 0. The first-order chi connectivity index (χ1) is 24.0. The van der Waals surface area contributed by atoms with E-state index in [1.165, 1.54) is 85.8 Å². The molecule has 0 aromatic heterocycles. The van der Waals surface area contributed by atoms with E-state index in [0.29, 0.717) is 5.92 Å². The molecule has 0 heterocycles. The summed E-state index contributed by atoms with van der Waals surface area (Å²) >= 11 is -0.826. The van der Waals surface area contributed by atoms with Gasteiger partial charge in [-0.15, -0.1) is 69.1 Å². The summed E-state index contributed by atoms with van der Waals surface area (Å²) in [4.78, 5) is 0. The minimum absolute atomic E-state index is 0.590. The molecule has 1 saturated carbocycles. The van der Waals surface area contributed by atoms with E-state index in [9.17, 15) is 0 Å². The van der Waals surface area contributed by atoms with Gasteiger partial charge < -0.3 is 0 Å². The van der Waals surface area contributed by atoms with Gasteiger partial charge in [-0.1, -0.05) is 143 Å². The van der Waals surface area contributed by atoms with Gasteiger partial charge in [-0.2, -0.15) is 12.1 Å². The third-order valence-corrected chi connectivity index (χ3v) is 11.8. The number of halogens is 2. The molecule has 2 radical (unpaired) electrons. The van der Waals surface area contributed by atoms with E-state index in [4.69, 9.17) is 17.0 Å². The Morgan fingerprint density at radius 3 is 1.70 bits per heavy atom. The van der Waals surface area contributed by atoms with Crippen molar-refractivity contribution in [1.82, 2.24) is 0 Å². The van der Waals surface area contributed by atoms with E-state index in [1.807, 2.05) is 0 Å². The van der Waals surface area contributed by atoms with Crippen molar-refractivity contribution < 1.29 is 20.8 Å². The van der Waals surface area contributed by atoms with Crippen LogP contribution in [0.25, 0.3) is 43.8 Å². The van der Waals surface area contributed by atoms with Crippen LogP contribution in [0.1, 0.15) is 75.0 Å². The fourth-order valence-corrected chi connectivity index (χ4v) is 8.12. The summed E-state index contributed by atoms with van der Waals surface area (Å²) in [5, 5.41) is 7.09. The van der Waals surface area contributed by atoms with Gasteiger partial charge in [0.15, 0.2) is 0 Å². The first kappa shape index (κ1) is 40.8. The Balaban J connectivity index is 0.000000195. The third kappa shape index (κ3) is 10.8. The van der Waals surface area contributed by atoms with Crippen LogP contribution < -0.4 is 5.19 Å². The minimum atomic E-state index is -1.21.